The van der Waals surface area contributed by atoms with E-state index in [1.54, 1.807) is 18.2 Å². The molecular formula is C13H16ClNO4. The summed E-state index contributed by atoms with van der Waals surface area (Å²) in [6.07, 6.45) is -0.0123. The highest BCUT2D eigenvalue weighted by Gasteiger charge is 2.16. The molecule has 1 heterocycles. The molecule has 1 aromatic carbocycles. The summed E-state index contributed by atoms with van der Waals surface area (Å²) in [5.41, 5.74) is 6.83. The van der Waals surface area contributed by atoms with Gasteiger partial charge in [-0.2, -0.15) is 0 Å². The van der Waals surface area contributed by atoms with E-state index in [4.69, 9.17) is 14.9 Å². The summed E-state index contributed by atoms with van der Waals surface area (Å²) in [6, 6.07) is 4.98. The van der Waals surface area contributed by atoms with Crippen LogP contribution in [0, 0.1) is 0 Å². The number of methoxy groups -OCH3 is 1. The molecule has 0 spiro atoms. The third-order valence-corrected chi connectivity index (χ3v) is 2.35. The van der Waals surface area contributed by atoms with Crippen molar-refractivity contribution in [2.45, 2.75) is 20.0 Å². The van der Waals surface area contributed by atoms with Gasteiger partial charge in [0.25, 0.3) is 0 Å². The van der Waals surface area contributed by atoms with Crippen molar-refractivity contribution < 1.29 is 18.7 Å². The molecule has 0 atom stereocenters. The highest BCUT2D eigenvalue weighted by atomic mass is 35.5. The number of esters is 1. The number of benzene rings is 1. The van der Waals surface area contributed by atoms with Gasteiger partial charge in [-0.3, -0.25) is 0 Å². The lowest BCUT2D eigenvalue weighted by Crippen LogP contribution is -2.06. The number of nitrogen functional groups attached to an aromatic ring is 1. The number of hydrogen-bond donors (Lipinski definition) is 1. The van der Waals surface area contributed by atoms with Crippen LogP contribution in [-0.2, 0) is 4.74 Å². The second-order valence-corrected chi connectivity index (χ2v) is 4.21. The van der Waals surface area contributed by atoms with Crippen LogP contribution in [-0.4, -0.2) is 19.2 Å². The molecule has 0 aliphatic heterocycles. The maximum Gasteiger partial charge on any atom is 0.373 e. The third-order valence-electron chi connectivity index (χ3n) is 2.35. The van der Waals surface area contributed by atoms with Crippen molar-refractivity contribution in [3.8, 4) is 5.75 Å². The van der Waals surface area contributed by atoms with E-state index in [9.17, 15) is 4.79 Å². The van der Waals surface area contributed by atoms with Crippen LogP contribution in [0.2, 0.25) is 0 Å². The van der Waals surface area contributed by atoms with Gasteiger partial charge < -0.3 is 19.6 Å². The van der Waals surface area contributed by atoms with E-state index < -0.39 is 5.97 Å². The van der Waals surface area contributed by atoms with Gasteiger partial charge >= 0.3 is 5.97 Å². The van der Waals surface area contributed by atoms with Crippen LogP contribution >= 0.6 is 12.4 Å². The summed E-state index contributed by atoms with van der Waals surface area (Å²) in [5, 5.41) is 0.714. The smallest absolute Gasteiger partial charge is 0.373 e. The van der Waals surface area contributed by atoms with Crippen LogP contribution in [0.4, 0.5) is 5.69 Å². The Morgan fingerprint density at radius 3 is 2.58 bits per heavy atom. The zero-order valence-corrected chi connectivity index (χ0v) is 11.7. The zero-order chi connectivity index (χ0) is 13.3. The minimum Gasteiger partial charge on any atom is -0.487 e. The standard InChI is InChI=1S/C13H15NO4.ClH/c1-7(2)17-10-6-9(14)4-8-5-11(13(15)16-3)18-12(8)10;/h4-7H,14H2,1-3H3;1H. The Hall–Kier alpha value is -1.88. The predicted molar refractivity (Wildman–Crippen MR) is 75.0 cm³/mol. The quantitative estimate of drug-likeness (QED) is 0.693. The normalized spacial score (nSPS) is 10.3. The van der Waals surface area contributed by atoms with Crippen molar-refractivity contribution in [3.63, 3.8) is 0 Å². The largest absolute Gasteiger partial charge is 0.487 e. The van der Waals surface area contributed by atoms with Crippen molar-refractivity contribution in [1.82, 2.24) is 0 Å². The average molecular weight is 286 g/mol. The summed E-state index contributed by atoms with van der Waals surface area (Å²) < 4.78 is 15.7. The lowest BCUT2D eigenvalue weighted by molar-refractivity contribution is 0.0567. The average Bonchev–Trinajstić information content (AvgIpc) is 2.70. The Kier molecular flexibility index (Phi) is 4.67. The topological polar surface area (TPSA) is 74.7 Å². The van der Waals surface area contributed by atoms with E-state index in [-0.39, 0.29) is 24.3 Å². The Bertz CT molecular complexity index is 592. The number of nitrogens with two attached hydrogens (primary N) is 1. The first-order valence-corrected chi connectivity index (χ1v) is 5.59. The van der Waals surface area contributed by atoms with E-state index >= 15 is 0 Å². The highest BCUT2D eigenvalue weighted by Crippen LogP contribution is 2.32. The van der Waals surface area contributed by atoms with Crippen LogP contribution in [0.3, 0.4) is 0 Å². The molecule has 1 aromatic heterocycles. The molecule has 104 valence electrons. The number of rotatable bonds is 3. The van der Waals surface area contributed by atoms with Gasteiger partial charge in [0.05, 0.1) is 13.2 Å². The molecule has 0 unspecified atom stereocenters. The van der Waals surface area contributed by atoms with Gasteiger partial charge in [0, 0.05) is 17.1 Å². The molecule has 0 saturated carbocycles. The van der Waals surface area contributed by atoms with Gasteiger partial charge in [0.1, 0.15) is 0 Å². The number of hydrogen-bond acceptors (Lipinski definition) is 5. The van der Waals surface area contributed by atoms with Crippen molar-refractivity contribution in [2.24, 2.45) is 0 Å². The molecule has 5 nitrogen and oxygen atoms in total. The van der Waals surface area contributed by atoms with Crippen LogP contribution in [0.25, 0.3) is 11.0 Å². The first-order valence-electron chi connectivity index (χ1n) is 5.59. The van der Waals surface area contributed by atoms with Crippen molar-refractivity contribution in [2.75, 3.05) is 12.8 Å². The Morgan fingerprint density at radius 1 is 1.32 bits per heavy atom. The monoisotopic (exact) mass is 285 g/mol. The van der Waals surface area contributed by atoms with Gasteiger partial charge in [0.2, 0.25) is 5.76 Å². The van der Waals surface area contributed by atoms with E-state index in [1.807, 2.05) is 13.8 Å². The van der Waals surface area contributed by atoms with Crippen molar-refractivity contribution >= 4 is 35.0 Å². The number of carbonyl (C=O) groups excluding carboxylic acids is 1. The van der Waals surface area contributed by atoms with Crippen molar-refractivity contribution in [3.05, 3.63) is 24.0 Å². The fourth-order valence-corrected chi connectivity index (χ4v) is 1.69. The Balaban J connectivity index is 0.00000180. The van der Waals surface area contributed by atoms with E-state index in [2.05, 4.69) is 4.74 Å². The number of fused-ring (bicyclic) bond motifs is 1. The third kappa shape index (κ3) is 3.12. The molecule has 19 heavy (non-hydrogen) atoms. The molecule has 2 aromatic rings. The highest BCUT2D eigenvalue weighted by molar-refractivity contribution is 5.95. The number of anilines is 1. The SMILES string of the molecule is COC(=O)c1cc2cc(N)cc(OC(C)C)c2o1.Cl. The molecule has 2 rings (SSSR count). The van der Waals surface area contributed by atoms with E-state index in [1.165, 1.54) is 7.11 Å². The number of ether oxygens (including phenoxy) is 2. The first kappa shape index (κ1) is 15.2. The molecule has 2 N–H and O–H groups in total. The molecule has 0 aliphatic carbocycles. The molecular weight excluding hydrogens is 270 g/mol. The summed E-state index contributed by atoms with van der Waals surface area (Å²) >= 11 is 0. The fourth-order valence-electron chi connectivity index (χ4n) is 1.69. The molecule has 0 amide bonds. The minimum atomic E-state index is -0.528. The summed E-state index contributed by atoms with van der Waals surface area (Å²) in [4.78, 5) is 11.4. The Labute approximate surface area is 117 Å². The molecule has 0 saturated heterocycles. The number of halogens is 1. The zero-order valence-electron chi connectivity index (χ0n) is 10.9. The number of furan rings is 1. The molecule has 0 bridgehead atoms. The fraction of sp³-hybridized carbons (Fsp3) is 0.308. The second kappa shape index (κ2) is 5.84. The van der Waals surface area contributed by atoms with Gasteiger partial charge in [-0.1, -0.05) is 0 Å². The predicted octanol–water partition coefficient (Wildman–Crippen LogP) is 3.01. The van der Waals surface area contributed by atoms with E-state index in [0.29, 0.717) is 22.4 Å². The van der Waals surface area contributed by atoms with Crippen LogP contribution < -0.4 is 10.5 Å². The minimum absolute atomic E-state index is 0. The van der Waals surface area contributed by atoms with Gasteiger partial charge in [0.15, 0.2) is 11.3 Å². The second-order valence-electron chi connectivity index (χ2n) is 4.21. The maximum absolute atomic E-state index is 11.4. The molecule has 0 radical (unpaired) electrons. The molecule has 0 fully saturated rings. The number of carbonyl (C=O) groups is 1. The summed E-state index contributed by atoms with van der Waals surface area (Å²) in [6.45, 7) is 3.80. The lowest BCUT2D eigenvalue weighted by atomic mass is 10.2. The van der Waals surface area contributed by atoms with Crippen molar-refractivity contribution in [1.29, 1.82) is 0 Å². The van der Waals surface area contributed by atoms with Crippen LogP contribution in [0.5, 0.6) is 5.75 Å². The summed E-state index contributed by atoms with van der Waals surface area (Å²) in [7, 11) is 1.30. The van der Waals surface area contributed by atoms with Crippen LogP contribution in [0.15, 0.2) is 22.6 Å². The van der Waals surface area contributed by atoms with Gasteiger partial charge in [-0.15, -0.1) is 12.4 Å². The summed E-state index contributed by atoms with van der Waals surface area (Å²) in [5.74, 6) is 0.127. The maximum atomic E-state index is 11.4. The first-order chi connectivity index (χ1) is 8.51. The molecule has 6 heteroatoms. The molecule has 0 aliphatic rings. The lowest BCUT2D eigenvalue weighted by Gasteiger charge is -2.10. The van der Waals surface area contributed by atoms with Gasteiger partial charge in [-0.25, -0.2) is 4.79 Å². The Morgan fingerprint density at radius 2 is 2.00 bits per heavy atom. The van der Waals surface area contributed by atoms with Crippen LogP contribution in [0.1, 0.15) is 24.4 Å². The van der Waals surface area contributed by atoms with Gasteiger partial charge in [-0.05, 0) is 26.0 Å². The van der Waals surface area contributed by atoms with E-state index in [0.717, 1.165) is 0 Å².